The van der Waals surface area contributed by atoms with Crippen LogP contribution in [-0.2, 0) is 12.4 Å². The third kappa shape index (κ3) is 15.8. The van der Waals surface area contributed by atoms with Gasteiger partial charge >= 0.3 is 12.4 Å². The average molecular weight is 974 g/mol. The van der Waals surface area contributed by atoms with Gasteiger partial charge in [-0.25, -0.2) is 9.15 Å². The van der Waals surface area contributed by atoms with Crippen LogP contribution in [0, 0.1) is 0 Å². The van der Waals surface area contributed by atoms with Crippen LogP contribution >= 0.6 is 0 Å². The molecule has 7 rings (SSSR count). The van der Waals surface area contributed by atoms with Crippen molar-refractivity contribution in [3.8, 4) is 22.3 Å². The van der Waals surface area contributed by atoms with Gasteiger partial charge in [0.2, 0.25) is 0 Å². The van der Waals surface area contributed by atoms with Crippen LogP contribution in [-0.4, -0.2) is 91.3 Å². The summed E-state index contributed by atoms with van der Waals surface area (Å²) in [6, 6.07) is 36.5. The second kappa shape index (κ2) is 23.7. The van der Waals surface area contributed by atoms with E-state index in [1.54, 1.807) is 97.1 Å². The molecule has 7 aromatic rings. The highest BCUT2D eigenvalue weighted by Crippen LogP contribution is 2.34. The first-order valence-corrected chi connectivity index (χ1v) is 21.8. The second-order valence-electron chi connectivity index (χ2n) is 16.7. The zero-order valence-corrected chi connectivity index (χ0v) is 40.0. The molecule has 71 heavy (non-hydrogen) atoms. The van der Waals surface area contributed by atoms with Crippen molar-refractivity contribution in [2.45, 2.75) is 19.3 Å². The minimum absolute atomic E-state index is 0.0864. The number of carbonyl (C=O) groups excluding carboxylic acids is 3. The number of pyridine rings is 1. The van der Waals surface area contributed by atoms with E-state index < -0.39 is 29.4 Å². The molecule has 0 aliphatic carbocycles. The summed E-state index contributed by atoms with van der Waals surface area (Å²) in [6.45, 7) is 1.46. The molecule has 0 unspecified atom stereocenters. The molecule has 1 aromatic heterocycles. The summed E-state index contributed by atoms with van der Waals surface area (Å²) >= 11 is 0. The van der Waals surface area contributed by atoms with E-state index in [0.717, 1.165) is 29.7 Å². The number of ketones is 1. The molecule has 2 amide bonds. The van der Waals surface area contributed by atoms with Gasteiger partial charge in [0.15, 0.2) is 18.2 Å². The van der Waals surface area contributed by atoms with Crippen molar-refractivity contribution in [3.05, 3.63) is 191 Å². The van der Waals surface area contributed by atoms with Gasteiger partial charge in [0.25, 0.3) is 11.8 Å². The van der Waals surface area contributed by atoms with Crippen molar-refractivity contribution in [2.24, 2.45) is 0 Å². The lowest BCUT2D eigenvalue weighted by molar-refractivity contribution is -0.462. The topological polar surface area (TPSA) is 123 Å². The molecule has 4 N–H and O–H groups in total. The van der Waals surface area contributed by atoms with Gasteiger partial charge < -0.3 is 21.3 Å². The number of hydrogen-bond donors (Lipinski definition) is 3. The van der Waals surface area contributed by atoms with Gasteiger partial charge in [0, 0.05) is 65.6 Å². The van der Waals surface area contributed by atoms with Crippen molar-refractivity contribution in [2.75, 3.05) is 58.7 Å². The van der Waals surface area contributed by atoms with E-state index in [1.807, 2.05) is 56.3 Å². The Kier molecular flexibility index (Phi) is 17.9. The molecule has 10 nitrogen and oxygen atoms in total. The number of amides is 2. The third-order valence-corrected chi connectivity index (χ3v) is 10.1. The number of nitrogen functional groups attached to an aromatic ring is 1. The number of anilines is 3. The standard InChI is InChI=1S/C25H17F3N2O2.C20H15F3N2O.C10H21N3/c1-15(31)18-12-17-8-11-20(13-23(17)29-14-18)30-24(32)22-5-3-2-4-21(22)16-6-9-19(10-7-16)25(26,27)28;21-20(22,23)14-10-8-13(9-11-14)17-6-1-2-7-18(17)19(26)25-16-5-3-4-15(24)12-16;1-11(2)7-10(8-12(3)4)9-13(5)6/h2-14H,1H3,(H,30,32);1-12H,24H2,(H,25,26);7-9H,1-6H3/q;;+2. The van der Waals surface area contributed by atoms with Crippen molar-refractivity contribution >= 4 is 58.0 Å². The number of nitrogens with two attached hydrogens (primary N) is 1. The van der Waals surface area contributed by atoms with Crippen LogP contribution in [0.1, 0.15) is 49.1 Å². The van der Waals surface area contributed by atoms with Crippen LogP contribution in [0.5, 0.6) is 0 Å². The van der Waals surface area contributed by atoms with E-state index in [1.165, 1.54) is 43.0 Å². The predicted octanol–water partition coefficient (Wildman–Crippen LogP) is 11.7. The fourth-order valence-electron chi connectivity index (χ4n) is 6.94. The number of aromatic nitrogens is 1. The van der Waals surface area contributed by atoms with Gasteiger partial charge in [-0.2, -0.15) is 26.3 Å². The number of Topliss-reactive ketones (excluding diaryl/α,β-unsaturated/α-hetero) is 1. The van der Waals surface area contributed by atoms with Crippen LogP contribution in [0.3, 0.4) is 0 Å². The number of fused-ring (bicyclic) bond motifs is 1. The second-order valence-corrected chi connectivity index (χ2v) is 16.7. The zero-order valence-electron chi connectivity index (χ0n) is 40.0. The van der Waals surface area contributed by atoms with Crippen LogP contribution in [0.15, 0.2) is 164 Å². The first-order chi connectivity index (χ1) is 33.5. The van der Waals surface area contributed by atoms with E-state index in [4.69, 9.17) is 5.73 Å². The number of carbonyl (C=O) groups is 3. The van der Waals surface area contributed by atoms with Gasteiger partial charge in [-0.3, -0.25) is 19.4 Å². The Morgan fingerprint density at radius 1 is 0.592 bits per heavy atom. The normalized spacial score (nSPS) is 10.8. The molecule has 1 heterocycles. The molecule has 0 saturated carbocycles. The van der Waals surface area contributed by atoms with Gasteiger partial charge in [-0.1, -0.05) is 72.8 Å². The van der Waals surface area contributed by atoms with Crippen LogP contribution < -0.4 is 16.4 Å². The number of hydrogen-bond acceptors (Lipinski definition) is 6. The largest absolute Gasteiger partial charge is 0.416 e. The maximum Gasteiger partial charge on any atom is 0.416 e. The molecule has 0 atom stereocenters. The number of nitrogens with zero attached hydrogens (tertiary/aromatic N) is 4. The molecule has 0 fully saturated rings. The number of allylic oxidation sites excluding steroid dienone is 1. The van der Waals surface area contributed by atoms with Crippen molar-refractivity contribution in [1.82, 2.24) is 9.88 Å². The lowest BCUT2D eigenvalue weighted by Gasteiger charge is -2.12. The number of halogens is 6. The Hall–Kier alpha value is -8.40. The highest BCUT2D eigenvalue weighted by Gasteiger charge is 2.31. The molecule has 0 aliphatic rings. The summed E-state index contributed by atoms with van der Waals surface area (Å²) in [7, 11) is 12.1. The monoisotopic (exact) mass is 973 g/mol. The molecular weight excluding hydrogens is 921 g/mol. The van der Waals surface area contributed by atoms with E-state index >= 15 is 0 Å². The van der Waals surface area contributed by atoms with Crippen molar-refractivity contribution < 1.29 is 49.9 Å². The van der Waals surface area contributed by atoms with E-state index in [0.29, 0.717) is 61.5 Å². The number of benzene rings is 6. The summed E-state index contributed by atoms with van der Waals surface area (Å²) in [4.78, 5) is 43.4. The van der Waals surface area contributed by atoms with Crippen LogP contribution in [0.4, 0.5) is 43.4 Å². The molecule has 366 valence electrons. The summed E-state index contributed by atoms with van der Waals surface area (Å²) in [5, 5.41) is 6.32. The molecule has 0 radical (unpaired) electrons. The lowest BCUT2D eigenvalue weighted by atomic mass is 9.98. The van der Waals surface area contributed by atoms with Gasteiger partial charge in [0.1, 0.15) is 33.8 Å². The summed E-state index contributed by atoms with van der Waals surface area (Å²) in [5.41, 5.74) is 10.8. The highest BCUT2D eigenvalue weighted by molar-refractivity contribution is 6.10. The Bertz CT molecular complexity index is 3080. The van der Waals surface area contributed by atoms with Crippen molar-refractivity contribution in [3.63, 3.8) is 0 Å². The summed E-state index contributed by atoms with van der Waals surface area (Å²) in [5.74, 6) is -0.858. The Balaban J connectivity index is 0.000000216. The summed E-state index contributed by atoms with van der Waals surface area (Å²) in [6.07, 6.45) is -1.09. The fraction of sp³-hybridized carbons (Fsp3) is 0.164. The third-order valence-electron chi connectivity index (χ3n) is 10.1. The number of alkyl halides is 6. The average Bonchev–Trinajstić information content (AvgIpc) is 3.30. The fourth-order valence-corrected chi connectivity index (χ4v) is 6.94. The SMILES string of the molecule is CC(=O)c1cnc2cc(NC(=O)c3ccccc3-c3ccc(C(F)(F)F)cc3)ccc2c1.CN(C)C=C(C=[N+](C)C)C=[N+](C)C.Nc1cccc(NC(=O)c2ccccc2-c2ccc(C(F)(F)F)cc2)c1. The zero-order chi connectivity index (χ0) is 52.0. The van der Waals surface area contributed by atoms with E-state index in [9.17, 15) is 40.7 Å². The summed E-state index contributed by atoms with van der Waals surface area (Å²) < 4.78 is 80.8. The Morgan fingerprint density at radius 2 is 1.06 bits per heavy atom. The maximum absolute atomic E-state index is 13.0. The highest BCUT2D eigenvalue weighted by atomic mass is 19.4. The molecule has 0 saturated heterocycles. The Morgan fingerprint density at radius 3 is 1.48 bits per heavy atom. The quantitative estimate of drug-likeness (QED) is 0.0412. The smallest absolute Gasteiger partial charge is 0.399 e. The minimum Gasteiger partial charge on any atom is -0.399 e. The Labute approximate surface area is 408 Å². The number of rotatable bonds is 10. The molecule has 0 bridgehead atoms. The lowest BCUT2D eigenvalue weighted by Crippen LogP contribution is -2.13. The predicted molar refractivity (Wildman–Crippen MR) is 270 cm³/mol. The van der Waals surface area contributed by atoms with Crippen LogP contribution in [0.2, 0.25) is 0 Å². The first kappa shape index (κ1) is 53.6. The van der Waals surface area contributed by atoms with Gasteiger partial charge in [-0.15, -0.1) is 0 Å². The van der Waals surface area contributed by atoms with Gasteiger partial charge in [-0.05, 0) is 102 Å². The molecule has 0 aliphatic heterocycles. The van der Waals surface area contributed by atoms with Crippen molar-refractivity contribution in [1.29, 1.82) is 0 Å². The molecular formula is C55H53F6N7O3+2. The number of nitrogens with one attached hydrogen (secondary N) is 2. The minimum atomic E-state index is -4.43. The molecule has 6 aromatic carbocycles. The molecule has 16 heteroatoms. The van der Waals surface area contributed by atoms with Gasteiger partial charge in [0.05, 0.1) is 16.6 Å². The first-order valence-electron chi connectivity index (χ1n) is 21.8. The van der Waals surface area contributed by atoms with Crippen LogP contribution in [0.25, 0.3) is 33.2 Å². The maximum atomic E-state index is 13.0. The molecule has 0 spiro atoms. The van der Waals surface area contributed by atoms with E-state index in [2.05, 4.69) is 34.2 Å². The van der Waals surface area contributed by atoms with E-state index in [-0.39, 0.29) is 11.7 Å².